The minimum Gasteiger partial charge on any atom is -0.372 e. The van der Waals surface area contributed by atoms with E-state index >= 15 is 0 Å². The maximum atomic E-state index is 12.2. The lowest BCUT2D eigenvalue weighted by Gasteiger charge is -2.21. The van der Waals surface area contributed by atoms with E-state index in [1.807, 2.05) is 18.2 Å². The molecule has 2 N–H and O–H groups in total. The molecule has 0 bridgehead atoms. The molecule has 0 aliphatic carbocycles. The summed E-state index contributed by atoms with van der Waals surface area (Å²) < 4.78 is 0. The van der Waals surface area contributed by atoms with Gasteiger partial charge in [-0.3, -0.25) is 9.59 Å². The summed E-state index contributed by atoms with van der Waals surface area (Å²) in [5.74, 6) is -1.17. The number of amides is 2. The van der Waals surface area contributed by atoms with Crippen molar-refractivity contribution in [2.45, 2.75) is 18.9 Å². The number of carbonyl (C=O) groups excluding carboxylic acids is 2. The SMILES string of the molecule is CCNC(=O)[C@@]1(O)CCN(c2ccccc2)C1=O. The molecule has 0 spiro atoms. The lowest BCUT2D eigenvalue weighted by Crippen LogP contribution is -2.52. The number of benzene rings is 1. The Bertz CT molecular complexity index is 461. The fraction of sp³-hybridized carbons (Fsp3) is 0.385. The Kier molecular flexibility index (Phi) is 3.34. The van der Waals surface area contributed by atoms with Crippen LogP contribution in [0.25, 0.3) is 0 Å². The Morgan fingerprint density at radius 2 is 2.11 bits per heavy atom. The molecule has 0 aromatic heterocycles. The first-order chi connectivity index (χ1) is 8.59. The third-order valence-electron chi connectivity index (χ3n) is 3.08. The molecule has 1 fully saturated rings. The van der Waals surface area contributed by atoms with Crippen molar-refractivity contribution < 1.29 is 14.7 Å². The largest absolute Gasteiger partial charge is 0.372 e. The standard InChI is InChI=1S/C13H16N2O3/c1-2-14-11(16)13(18)8-9-15(12(13)17)10-6-4-3-5-7-10/h3-7,18H,2,8-9H2,1H3,(H,14,16)/t13-/m0/s1. The second-order valence-corrected chi connectivity index (χ2v) is 4.26. The second kappa shape index (κ2) is 4.78. The zero-order valence-electron chi connectivity index (χ0n) is 10.2. The first-order valence-electron chi connectivity index (χ1n) is 5.97. The Morgan fingerprint density at radius 3 is 2.72 bits per heavy atom. The topological polar surface area (TPSA) is 69.6 Å². The molecule has 0 saturated carbocycles. The van der Waals surface area contributed by atoms with Gasteiger partial charge in [-0.2, -0.15) is 0 Å². The highest BCUT2D eigenvalue weighted by molar-refractivity contribution is 6.16. The highest BCUT2D eigenvalue weighted by Gasteiger charge is 2.51. The summed E-state index contributed by atoms with van der Waals surface area (Å²) >= 11 is 0. The Balaban J connectivity index is 2.22. The van der Waals surface area contributed by atoms with Gasteiger partial charge in [0.05, 0.1) is 0 Å². The molecular formula is C13H16N2O3. The molecule has 0 radical (unpaired) electrons. The van der Waals surface area contributed by atoms with Gasteiger partial charge in [0.25, 0.3) is 11.8 Å². The highest BCUT2D eigenvalue weighted by Crippen LogP contribution is 2.28. The molecule has 2 rings (SSSR count). The first kappa shape index (κ1) is 12.6. The van der Waals surface area contributed by atoms with Crippen molar-refractivity contribution in [1.82, 2.24) is 5.32 Å². The van der Waals surface area contributed by atoms with E-state index in [1.165, 1.54) is 4.90 Å². The summed E-state index contributed by atoms with van der Waals surface area (Å²) in [7, 11) is 0. The van der Waals surface area contributed by atoms with Gasteiger partial charge in [0, 0.05) is 25.2 Å². The number of anilines is 1. The van der Waals surface area contributed by atoms with E-state index in [9.17, 15) is 14.7 Å². The van der Waals surface area contributed by atoms with Crippen molar-refractivity contribution in [2.24, 2.45) is 0 Å². The molecule has 1 heterocycles. The summed E-state index contributed by atoms with van der Waals surface area (Å²) in [6, 6.07) is 9.03. The van der Waals surface area contributed by atoms with E-state index in [4.69, 9.17) is 0 Å². The summed E-state index contributed by atoms with van der Waals surface area (Å²) in [5, 5.41) is 12.7. The molecule has 96 valence electrons. The molecule has 1 aliphatic rings. The molecule has 5 heteroatoms. The molecular weight excluding hydrogens is 232 g/mol. The third kappa shape index (κ3) is 1.97. The summed E-state index contributed by atoms with van der Waals surface area (Å²) in [5.41, 5.74) is -1.23. The van der Waals surface area contributed by atoms with Gasteiger partial charge >= 0.3 is 0 Å². The Morgan fingerprint density at radius 1 is 1.44 bits per heavy atom. The van der Waals surface area contributed by atoms with E-state index in [-0.39, 0.29) is 6.42 Å². The van der Waals surface area contributed by atoms with Crippen molar-refractivity contribution in [1.29, 1.82) is 0 Å². The predicted molar refractivity (Wildman–Crippen MR) is 67.0 cm³/mol. The van der Waals surface area contributed by atoms with E-state index < -0.39 is 17.4 Å². The average molecular weight is 248 g/mol. The number of nitrogens with zero attached hydrogens (tertiary/aromatic N) is 1. The predicted octanol–water partition coefficient (Wildman–Crippen LogP) is 0.290. The summed E-state index contributed by atoms with van der Waals surface area (Å²) in [6.07, 6.45) is 0.118. The summed E-state index contributed by atoms with van der Waals surface area (Å²) in [4.78, 5) is 25.3. The van der Waals surface area contributed by atoms with Gasteiger partial charge in [-0.1, -0.05) is 18.2 Å². The van der Waals surface area contributed by atoms with Gasteiger partial charge in [-0.05, 0) is 19.1 Å². The van der Waals surface area contributed by atoms with Crippen molar-refractivity contribution in [2.75, 3.05) is 18.0 Å². The Labute approximate surface area is 105 Å². The molecule has 18 heavy (non-hydrogen) atoms. The smallest absolute Gasteiger partial charge is 0.268 e. The number of para-hydroxylation sites is 1. The summed E-state index contributed by atoms with van der Waals surface area (Å²) in [6.45, 7) is 2.48. The number of hydrogen-bond donors (Lipinski definition) is 2. The molecule has 1 aromatic carbocycles. The van der Waals surface area contributed by atoms with Gasteiger partial charge in [0.15, 0.2) is 0 Å². The van der Waals surface area contributed by atoms with Crippen LogP contribution < -0.4 is 10.2 Å². The van der Waals surface area contributed by atoms with Crippen molar-refractivity contribution in [3.63, 3.8) is 0 Å². The first-order valence-corrected chi connectivity index (χ1v) is 5.97. The quantitative estimate of drug-likeness (QED) is 0.755. The lowest BCUT2D eigenvalue weighted by atomic mass is 10.0. The maximum absolute atomic E-state index is 12.2. The van der Waals surface area contributed by atoms with Gasteiger partial charge in [-0.25, -0.2) is 0 Å². The number of carbonyl (C=O) groups is 2. The average Bonchev–Trinajstić information content (AvgIpc) is 2.69. The van der Waals surface area contributed by atoms with Crippen LogP contribution >= 0.6 is 0 Å². The van der Waals surface area contributed by atoms with Gasteiger partial charge in [-0.15, -0.1) is 0 Å². The number of rotatable bonds is 3. The van der Waals surface area contributed by atoms with E-state index in [0.717, 1.165) is 0 Å². The van der Waals surface area contributed by atoms with Crippen LogP contribution in [0.5, 0.6) is 0 Å². The second-order valence-electron chi connectivity index (χ2n) is 4.26. The van der Waals surface area contributed by atoms with Crippen LogP contribution in [0.2, 0.25) is 0 Å². The van der Waals surface area contributed by atoms with Crippen LogP contribution in [0.4, 0.5) is 5.69 Å². The third-order valence-corrected chi connectivity index (χ3v) is 3.08. The van der Waals surface area contributed by atoms with Crippen molar-refractivity contribution in [3.05, 3.63) is 30.3 Å². The van der Waals surface area contributed by atoms with Crippen LogP contribution in [0.15, 0.2) is 30.3 Å². The van der Waals surface area contributed by atoms with Crippen molar-refractivity contribution in [3.8, 4) is 0 Å². The van der Waals surface area contributed by atoms with Gasteiger partial charge in [0.2, 0.25) is 5.60 Å². The fourth-order valence-corrected chi connectivity index (χ4v) is 2.08. The highest BCUT2D eigenvalue weighted by atomic mass is 16.3. The number of likely N-dealkylation sites (N-methyl/N-ethyl adjacent to an activating group) is 1. The lowest BCUT2D eigenvalue weighted by molar-refractivity contribution is -0.149. The minimum atomic E-state index is -1.92. The van der Waals surface area contributed by atoms with Crippen molar-refractivity contribution >= 4 is 17.5 Å². The van der Waals surface area contributed by atoms with E-state index in [1.54, 1.807) is 19.1 Å². The molecule has 1 atom stereocenters. The monoisotopic (exact) mass is 248 g/mol. The van der Waals surface area contributed by atoms with Crippen LogP contribution in [0.3, 0.4) is 0 Å². The molecule has 1 aliphatic heterocycles. The molecule has 0 unspecified atom stereocenters. The van der Waals surface area contributed by atoms with Gasteiger partial charge in [0.1, 0.15) is 0 Å². The van der Waals surface area contributed by atoms with Crippen LogP contribution in [0.1, 0.15) is 13.3 Å². The normalized spacial score (nSPS) is 23.2. The van der Waals surface area contributed by atoms with E-state index in [2.05, 4.69) is 5.32 Å². The van der Waals surface area contributed by atoms with E-state index in [0.29, 0.717) is 18.8 Å². The molecule has 1 saturated heterocycles. The molecule has 5 nitrogen and oxygen atoms in total. The fourth-order valence-electron chi connectivity index (χ4n) is 2.08. The number of nitrogens with one attached hydrogen (secondary N) is 1. The zero-order chi connectivity index (χ0) is 13.2. The minimum absolute atomic E-state index is 0.118. The Hall–Kier alpha value is -1.88. The number of hydrogen-bond acceptors (Lipinski definition) is 3. The molecule has 2 amide bonds. The van der Waals surface area contributed by atoms with Crippen LogP contribution in [-0.4, -0.2) is 35.6 Å². The molecule has 1 aromatic rings. The zero-order valence-corrected chi connectivity index (χ0v) is 10.2. The number of aliphatic hydroxyl groups is 1. The van der Waals surface area contributed by atoms with Gasteiger partial charge < -0.3 is 15.3 Å². The maximum Gasteiger partial charge on any atom is 0.268 e. The van der Waals surface area contributed by atoms with Crippen LogP contribution in [-0.2, 0) is 9.59 Å². The van der Waals surface area contributed by atoms with Crippen LogP contribution in [0, 0.1) is 0 Å².